The highest BCUT2D eigenvalue weighted by Crippen LogP contribution is 2.35. The molecule has 2 bridgehead atoms. The second-order valence-electron chi connectivity index (χ2n) is 7.23. The first-order chi connectivity index (χ1) is 12.2. The number of hydrogen-bond acceptors (Lipinski definition) is 3. The highest BCUT2D eigenvalue weighted by atomic mass is 79.9. The quantitative estimate of drug-likeness (QED) is 0.736. The van der Waals surface area contributed by atoms with Crippen LogP contribution in [0.25, 0.3) is 0 Å². The van der Waals surface area contributed by atoms with Crippen molar-refractivity contribution >= 4 is 11.7 Å². The number of nitrogens with one attached hydrogen (secondary N) is 1. The third kappa shape index (κ3) is 4.10. The lowest BCUT2D eigenvalue weighted by Crippen LogP contribution is -3.00. The number of benzene rings is 2. The van der Waals surface area contributed by atoms with E-state index in [1.165, 1.54) is 19.3 Å². The van der Waals surface area contributed by atoms with Crippen LogP contribution >= 0.6 is 0 Å². The van der Waals surface area contributed by atoms with Gasteiger partial charge in [0.05, 0.1) is 0 Å². The van der Waals surface area contributed by atoms with Crippen LogP contribution in [0.15, 0.2) is 60.7 Å². The first-order valence-electron chi connectivity index (χ1n) is 9.20. The van der Waals surface area contributed by atoms with Crippen molar-refractivity contribution in [3.05, 3.63) is 66.2 Å². The van der Waals surface area contributed by atoms with Gasteiger partial charge in [-0.2, -0.15) is 0 Å². The predicted octanol–water partition coefficient (Wildman–Crippen LogP) is 0.933. The monoisotopic (exact) mass is 416 g/mol. The van der Waals surface area contributed by atoms with E-state index >= 15 is 0 Å². The van der Waals surface area contributed by atoms with Crippen molar-refractivity contribution in [1.82, 2.24) is 0 Å². The molecule has 0 aromatic heterocycles. The van der Waals surface area contributed by atoms with Crippen molar-refractivity contribution in [2.75, 3.05) is 25.0 Å². The van der Waals surface area contributed by atoms with E-state index in [9.17, 15) is 4.79 Å². The molecule has 1 unspecified atom stereocenters. The molecule has 0 spiro atoms. The molecule has 3 heterocycles. The molecule has 0 saturated carbocycles. The minimum absolute atomic E-state index is 0. The number of hydrogen-bond donors (Lipinski definition) is 1. The summed E-state index contributed by atoms with van der Waals surface area (Å²) in [6.45, 7) is 2.88. The third-order valence-corrected chi connectivity index (χ3v) is 5.57. The van der Waals surface area contributed by atoms with Gasteiger partial charge in [0.25, 0.3) is 0 Å². The minimum Gasteiger partial charge on any atom is -1.00 e. The van der Waals surface area contributed by atoms with Gasteiger partial charge < -0.3 is 22.3 Å². The van der Waals surface area contributed by atoms with Crippen LogP contribution < -0.4 is 22.3 Å². The standard InChI is InChI=1S/C21H25N2O2.BrH/c24-21(25-23-14-11-17(12-15-23)13-16-23)20(18-7-3-1-4-8-18)22-19-9-5-2-6-10-19;/h1-10,17,20,22H,11-16H2;1H/q+1;/p-1. The van der Waals surface area contributed by atoms with E-state index in [1.807, 2.05) is 60.7 Å². The van der Waals surface area contributed by atoms with Gasteiger partial charge in [-0.1, -0.05) is 48.5 Å². The van der Waals surface area contributed by atoms with Crippen molar-refractivity contribution in [1.29, 1.82) is 0 Å². The van der Waals surface area contributed by atoms with Crippen LogP contribution in [0.1, 0.15) is 30.9 Å². The fraction of sp³-hybridized carbons (Fsp3) is 0.381. The van der Waals surface area contributed by atoms with Crippen molar-refractivity contribution in [3.8, 4) is 0 Å². The van der Waals surface area contributed by atoms with E-state index in [0.717, 1.165) is 36.8 Å². The average molecular weight is 417 g/mol. The van der Waals surface area contributed by atoms with Gasteiger partial charge in [-0.15, -0.1) is 4.65 Å². The van der Waals surface area contributed by atoms with Gasteiger partial charge in [-0.3, -0.25) is 4.84 Å². The van der Waals surface area contributed by atoms with E-state index in [1.54, 1.807) is 0 Å². The van der Waals surface area contributed by atoms with E-state index in [0.29, 0.717) is 4.65 Å². The first-order valence-corrected chi connectivity index (χ1v) is 9.20. The molecule has 2 aromatic carbocycles. The highest BCUT2D eigenvalue weighted by molar-refractivity contribution is 5.80. The van der Waals surface area contributed by atoms with Crippen LogP contribution in [0.5, 0.6) is 0 Å². The lowest BCUT2D eigenvalue weighted by atomic mass is 9.88. The number of carbonyl (C=O) groups excluding carboxylic acids is 1. The zero-order valence-corrected chi connectivity index (χ0v) is 16.4. The van der Waals surface area contributed by atoms with Crippen LogP contribution in [-0.4, -0.2) is 30.2 Å². The maximum atomic E-state index is 13.1. The summed E-state index contributed by atoms with van der Waals surface area (Å²) in [4.78, 5) is 19.2. The van der Waals surface area contributed by atoms with Gasteiger partial charge in [-0.05, 0) is 23.6 Å². The number of quaternary nitrogens is 1. The zero-order chi connectivity index (χ0) is 17.1. The number of para-hydroxylation sites is 1. The van der Waals surface area contributed by atoms with Crippen molar-refractivity contribution in [2.24, 2.45) is 5.92 Å². The first kappa shape index (κ1) is 18.9. The molecule has 2 aromatic rings. The van der Waals surface area contributed by atoms with Crippen molar-refractivity contribution < 1.29 is 31.3 Å². The van der Waals surface area contributed by atoms with Crippen LogP contribution in [0.3, 0.4) is 0 Å². The zero-order valence-electron chi connectivity index (χ0n) is 14.8. The summed E-state index contributed by atoms with van der Waals surface area (Å²) in [6.07, 6.45) is 3.53. The summed E-state index contributed by atoms with van der Waals surface area (Å²) in [5, 5.41) is 3.35. The topological polar surface area (TPSA) is 38.3 Å². The highest BCUT2D eigenvalue weighted by Gasteiger charge is 2.45. The summed E-state index contributed by atoms with van der Waals surface area (Å²) in [7, 11) is 0. The van der Waals surface area contributed by atoms with Crippen LogP contribution in [0, 0.1) is 5.92 Å². The maximum Gasteiger partial charge on any atom is 0.393 e. The number of piperidine rings is 3. The van der Waals surface area contributed by atoms with Gasteiger partial charge in [0, 0.05) is 24.9 Å². The summed E-state index contributed by atoms with van der Waals surface area (Å²) < 4.78 is 0.509. The van der Waals surface area contributed by atoms with Crippen LogP contribution in [0.2, 0.25) is 0 Å². The van der Waals surface area contributed by atoms with Gasteiger partial charge in [0.15, 0.2) is 6.04 Å². The molecule has 1 atom stereocenters. The Morgan fingerprint density at radius 3 is 2.04 bits per heavy atom. The number of fused-ring (bicyclic) bond motifs is 3. The Bertz CT molecular complexity index is 702. The van der Waals surface area contributed by atoms with E-state index in [4.69, 9.17) is 4.84 Å². The van der Waals surface area contributed by atoms with E-state index in [-0.39, 0.29) is 23.0 Å². The molecule has 0 radical (unpaired) electrons. The Kier molecular flexibility index (Phi) is 5.99. The maximum absolute atomic E-state index is 13.1. The fourth-order valence-electron chi connectivity index (χ4n) is 4.03. The predicted molar refractivity (Wildman–Crippen MR) is 97.5 cm³/mol. The lowest BCUT2D eigenvalue weighted by molar-refractivity contribution is -1.10. The number of nitrogens with zero attached hydrogens (tertiary/aromatic N) is 1. The number of carbonyl (C=O) groups is 1. The Morgan fingerprint density at radius 1 is 0.923 bits per heavy atom. The van der Waals surface area contributed by atoms with Gasteiger partial charge in [0.2, 0.25) is 0 Å². The molecule has 4 nitrogen and oxygen atoms in total. The Hall–Kier alpha value is -1.85. The van der Waals surface area contributed by atoms with Crippen LogP contribution in [0.4, 0.5) is 5.69 Å². The van der Waals surface area contributed by atoms with Crippen molar-refractivity contribution in [2.45, 2.75) is 25.3 Å². The molecular formula is C21H25BrN2O2. The Labute approximate surface area is 165 Å². The largest absolute Gasteiger partial charge is 1.00 e. The lowest BCUT2D eigenvalue weighted by Gasteiger charge is -2.45. The van der Waals surface area contributed by atoms with E-state index in [2.05, 4.69) is 5.32 Å². The fourth-order valence-corrected chi connectivity index (χ4v) is 4.03. The molecule has 3 aliphatic heterocycles. The smallest absolute Gasteiger partial charge is 0.393 e. The van der Waals surface area contributed by atoms with E-state index < -0.39 is 6.04 Å². The SMILES string of the molecule is O=C(O[N+]12CCC(CC1)CC2)C(Nc1ccccc1)c1ccccc1.[Br-]. The number of rotatable bonds is 5. The summed E-state index contributed by atoms with van der Waals surface area (Å²) >= 11 is 0. The van der Waals surface area contributed by atoms with Gasteiger partial charge in [-0.25, -0.2) is 4.79 Å². The Morgan fingerprint density at radius 2 is 1.46 bits per heavy atom. The summed E-state index contributed by atoms with van der Waals surface area (Å²) in [6, 6.07) is 19.2. The number of hydroxylamine groups is 3. The molecule has 0 amide bonds. The molecule has 138 valence electrons. The number of anilines is 1. The summed E-state index contributed by atoms with van der Waals surface area (Å²) in [5.74, 6) is 0.654. The second kappa shape index (κ2) is 8.23. The summed E-state index contributed by atoms with van der Waals surface area (Å²) in [5.41, 5.74) is 1.85. The normalized spacial score (nSPS) is 25.0. The molecule has 3 fully saturated rings. The molecule has 5 heteroatoms. The molecule has 26 heavy (non-hydrogen) atoms. The molecule has 1 N–H and O–H groups in total. The Balaban J connectivity index is 0.00000196. The minimum atomic E-state index is -0.490. The molecular weight excluding hydrogens is 392 g/mol. The number of halogens is 1. The molecule has 5 rings (SSSR count). The third-order valence-electron chi connectivity index (χ3n) is 5.57. The molecule has 3 saturated heterocycles. The average Bonchev–Trinajstić information content (AvgIpc) is 2.68. The van der Waals surface area contributed by atoms with Gasteiger partial charge in [0.1, 0.15) is 19.6 Å². The molecule has 3 aliphatic rings. The van der Waals surface area contributed by atoms with Crippen LogP contribution in [-0.2, 0) is 9.63 Å². The van der Waals surface area contributed by atoms with Crippen molar-refractivity contribution in [3.63, 3.8) is 0 Å². The molecule has 0 aliphatic carbocycles. The van der Waals surface area contributed by atoms with Gasteiger partial charge >= 0.3 is 5.97 Å². The second-order valence-corrected chi connectivity index (χ2v) is 7.23.